The second-order valence-electron chi connectivity index (χ2n) is 6.31. The summed E-state index contributed by atoms with van der Waals surface area (Å²) in [6.45, 7) is 4.36. The number of rotatable bonds is 14. The van der Waals surface area contributed by atoms with Crippen LogP contribution in [0.15, 0.2) is 0 Å². The predicted molar refractivity (Wildman–Crippen MR) is 90.6 cm³/mol. The van der Waals surface area contributed by atoms with E-state index in [2.05, 4.69) is 0 Å². The van der Waals surface area contributed by atoms with Crippen molar-refractivity contribution in [1.82, 2.24) is 0 Å². The number of aliphatic hydroxyl groups excluding tert-OH is 1. The van der Waals surface area contributed by atoms with E-state index >= 15 is 0 Å². The molecule has 0 saturated heterocycles. The molecule has 0 aliphatic heterocycles. The zero-order chi connectivity index (χ0) is 18.8. The van der Waals surface area contributed by atoms with Crippen LogP contribution in [0.25, 0.3) is 0 Å². The van der Waals surface area contributed by atoms with Crippen molar-refractivity contribution in [2.75, 3.05) is 6.61 Å². The van der Waals surface area contributed by atoms with Gasteiger partial charge in [-0.3, -0.25) is 14.4 Å². The van der Waals surface area contributed by atoms with E-state index in [-0.39, 0.29) is 19.3 Å². The maximum atomic E-state index is 12.5. The molecule has 0 saturated carbocycles. The third-order valence-electron chi connectivity index (χ3n) is 4.37. The lowest BCUT2D eigenvalue weighted by molar-refractivity contribution is -0.194. The van der Waals surface area contributed by atoms with E-state index in [1.54, 1.807) is 0 Å². The molecule has 1 unspecified atom stereocenters. The van der Waals surface area contributed by atoms with Gasteiger partial charge in [0.05, 0.1) is 6.61 Å². The Bertz CT molecular complexity index is 411. The minimum Gasteiger partial charge on any atom is -0.393 e. The van der Waals surface area contributed by atoms with Crippen molar-refractivity contribution in [2.24, 2.45) is 0 Å². The van der Waals surface area contributed by atoms with E-state index < -0.39 is 35.2 Å². The number of hydrogen-bond acceptors (Lipinski definition) is 6. The zero-order valence-corrected chi connectivity index (χ0v) is 15.1. The van der Waals surface area contributed by atoms with Crippen LogP contribution < -0.4 is 0 Å². The molecule has 0 amide bonds. The van der Waals surface area contributed by atoms with Gasteiger partial charge in [-0.05, 0) is 19.3 Å². The van der Waals surface area contributed by atoms with Gasteiger partial charge in [-0.2, -0.15) is 0 Å². The third-order valence-corrected chi connectivity index (χ3v) is 4.37. The summed E-state index contributed by atoms with van der Waals surface area (Å²) in [4.78, 5) is 37.4. The summed E-state index contributed by atoms with van der Waals surface area (Å²) in [6.07, 6.45) is 2.89. The molecule has 0 spiro atoms. The van der Waals surface area contributed by atoms with Gasteiger partial charge >= 0.3 is 0 Å². The normalized spacial score (nSPS) is 14.2. The molecule has 0 radical (unpaired) electrons. The summed E-state index contributed by atoms with van der Waals surface area (Å²) in [7, 11) is 0. The first kappa shape index (κ1) is 22.9. The first-order chi connectivity index (χ1) is 11.3. The molecule has 0 fully saturated rings. The quantitative estimate of drug-likeness (QED) is 0.414. The van der Waals surface area contributed by atoms with E-state index in [0.29, 0.717) is 38.5 Å². The van der Waals surface area contributed by atoms with Crippen LogP contribution in [0.4, 0.5) is 0 Å². The van der Waals surface area contributed by atoms with Crippen molar-refractivity contribution in [2.45, 2.75) is 89.8 Å². The Morgan fingerprint density at radius 3 is 1.33 bits per heavy atom. The average Bonchev–Trinajstić information content (AvgIpc) is 2.59. The molecule has 24 heavy (non-hydrogen) atoms. The third kappa shape index (κ3) is 4.94. The molecular weight excluding hydrogens is 312 g/mol. The Morgan fingerprint density at radius 2 is 1.04 bits per heavy atom. The van der Waals surface area contributed by atoms with Gasteiger partial charge < -0.3 is 15.3 Å². The summed E-state index contributed by atoms with van der Waals surface area (Å²) in [5.41, 5.74) is -5.66. The van der Waals surface area contributed by atoms with E-state index in [4.69, 9.17) is 0 Å². The predicted octanol–water partition coefficient (Wildman–Crippen LogP) is 1.72. The maximum absolute atomic E-state index is 12.5. The Kier molecular flexibility index (Phi) is 10.2. The van der Waals surface area contributed by atoms with E-state index in [9.17, 15) is 29.7 Å². The highest BCUT2D eigenvalue weighted by Crippen LogP contribution is 2.31. The first-order valence-electron chi connectivity index (χ1n) is 8.91. The molecule has 3 N–H and O–H groups in total. The van der Waals surface area contributed by atoms with Crippen LogP contribution in [0.2, 0.25) is 0 Å². The Morgan fingerprint density at radius 1 is 0.708 bits per heavy atom. The van der Waals surface area contributed by atoms with Crippen LogP contribution in [0.5, 0.6) is 0 Å². The lowest BCUT2D eigenvalue weighted by Gasteiger charge is -2.39. The highest BCUT2D eigenvalue weighted by atomic mass is 16.4. The average molecular weight is 344 g/mol. The SMILES string of the molecule is CCCCC(=O)C(O)(CO)C(O)(C(=O)CCCC)C(=O)CCCC. The lowest BCUT2D eigenvalue weighted by atomic mass is 9.71. The van der Waals surface area contributed by atoms with Crippen molar-refractivity contribution >= 4 is 17.3 Å². The van der Waals surface area contributed by atoms with Crippen molar-refractivity contribution in [3.05, 3.63) is 0 Å². The maximum Gasteiger partial charge on any atom is 0.219 e. The Hall–Kier alpha value is -1.11. The number of aliphatic hydroxyl groups is 3. The van der Waals surface area contributed by atoms with Crippen LogP contribution in [0.1, 0.15) is 78.6 Å². The van der Waals surface area contributed by atoms with Crippen molar-refractivity contribution in [3.63, 3.8) is 0 Å². The lowest BCUT2D eigenvalue weighted by Crippen LogP contribution is -2.69. The molecule has 6 nitrogen and oxygen atoms in total. The summed E-state index contributed by atoms with van der Waals surface area (Å²) in [6, 6.07) is 0. The molecule has 6 heteroatoms. The minimum atomic E-state index is -2.88. The van der Waals surface area contributed by atoms with Gasteiger partial charge in [0.1, 0.15) is 0 Å². The monoisotopic (exact) mass is 344 g/mol. The van der Waals surface area contributed by atoms with Crippen LogP contribution in [0.3, 0.4) is 0 Å². The molecule has 0 aromatic rings. The van der Waals surface area contributed by atoms with Gasteiger partial charge in [0.25, 0.3) is 0 Å². The standard InChI is InChI=1S/C18H32O6/c1-4-7-10-14(20)17(23,13-19)18(24,15(21)11-8-5-2)16(22)12-9-6-3/h19,23-24H,4-13H2,1-3H3. The molecule has 0 aromatic heterocycles. The molecule has 0 bridgehead atoms. The summed E-state index contributed by atoms with van der Waals surface area (Å²) >= 11 is 0. The first-order valence-corrected chi connectivity index (χ1v) is 8.91. The smallest absolute Gasteiger partial charge is 0.219 e. The molecule has 140 valence electrons. The van der Waals surface area contributed by atoms with Gasteiger partial charge in [-0.1, -0.05) is 40.0 Å². The highest BCUT2D eigenvalue weighted by Gasteiger charge is 2.61. The molecular formula is C18H32O6. The van der Waals surface area contributed by atoms with Gasteiger partial charge in [0, 0.05) is 19.3 Å². The van der Waals surface area contributed by atoms with E-state index in [1.807, 2.05) is 20.8 Å². The highest BCUT2D eigenvalue weighted by molar-refractivity contribution is 6.16. The zero-order valence-electron chi connectivity index (χ0n) is 15.1. The van der Waals surface area contributed by atoms with Crippen molar-refractivity contribution in [3.8, 4) is 0 Å². The fraction of sp³-hybridized carbons (Fsp3) is 0.833. The number of hydrogen-bond donors (Lipinski definition) is 3. The molecule has 0 rings (SSSR count). The summed E-state index contributed by atoms with van der Waals surface area (Å²) in [5, 5.41) is 31.1. The molecule has 0 aliphatic carbocycles. The largest absolute Gasteiger partial charge is 0.393 e. The molecule has 0 aromatic carbocycles. The topological polar surface area (TPSA) is 112 Å². The van der Waals surface area contributed by atoms with E-state index in [0.717, 1.165) is 0 Å². The Balaban J connectivity index is 5.80. The van der Waals surface area contributed by atoms with Crippen molar-refractivity contribution < 1.29 is 29.7 Å². The van der Waals surface area contributed by atoms with Crippen LogP contribution in [0, 0.1) is 0 Å². The second-order valence-corrected chi connectivity index (χ2v) is 6.31. The van der Waals surface area contributed by atoms with Gasteiger partial charge in [0.2, 0.25) is 5.60 Å². The molecule has 1 atom stereocenters. The molecule has 0 heterocycles. The summed E-state index contributed by atoms with van der Waals surface area (Å²) in [5.74, 6) is -2.66. The fourth-order valence-electron chi connectivity index (χ4n) is 2.60. The number of ketones is 3. The van der Waals surface area contributed by atoms with Gasteiger partial charge in [-0.15, -0.1) is 0 Å². The van der Waals surface area contributed by atoms with Gasteiger partial charge in [0.15, 0.2) is 23.0 Å². The van der Waals surface area contributed by atoms with E-state index in [1.165, 1.54) is 0 Å². The summed E-state index contributed by atoms with van der Waals surface area (Å²) < 4.78 is 0. The van der Waals surface area contributed by atoms with Crippen LogP contribution in [-0.4, -0.2) is 50.5 Å². The van der Waals surface area contributed by atoms with Gasteiger partial charge in [-0.25, -0.2) is 0 Å². The number of Topliss-reactive ketones (excluding diaryl/α,β-unsaturated/α-hetero) is 3. The van der Waals surface area contributed by atoms with Crippen molar-refractivity contribution in [1.29, 1.82) is 0 Å². The molecule has 0 aliphatic rings. The fourth-order valence-corrected chi connectivity index (χ4v) is 2.60. The minimum absolute atomic E-state index is 0.113. The Labute approximate surface area is 144 Å². The van der Waals surface area contributed by atoms with Crippen LogP contribution in [-0.2, 0) is 14.4 Å². The second kappa shape index (κ2) is 10.7. The number of carbonyl (C=O) groups excluding carboxylic acids is 3. The number of unbranched alkanes of at least 4 members (excludes halogenated alkanes) is 3. The van der Waals surface area contributed by atoms with Crippen LogP contribution >= 0.6 is 0 Å². The number of carbonyl (C=O) groups is 3.